The van der Waals surface area contributed by atoms with E-state index in [0.29, 0.717) is 16.8 Å². The lowest BCUT2D eigenvalue weighted by Crippen LogP contribution is -2.38. The minimum atomic E-state index is -0.924. The number of hydrogen-bond donors (Lipinski definition) is 1. The van der Waals surface area contributed by atoms with Crippen LogP contribution in [0.1, 0.15) is 49.7 Å². The molecule has 1 aliphatic carbocycles. The summed E-state index contributed by atoms with van der Waals surface area (Å²) in [6.45, 7) is 6.09. The molecule has 182 valence electrons. The van der Waals surface area contributed by atoms with Crippen molar-refractivity contribution in [3.05, 3.63) is 153 Å². The third kappa shape index (κ3) is 3.96. The molecule has 0 aromatic heterocycles. The van der Waals surface area contributed by atoms with Gasteiger partial charge in [-0.2, -0.15) is 5.26 Å². The number of Topliss-reactive ketones (excluding diaryl/α,β-unsaturated/α-hetero) is 1. The molecule has 0 amide bonds. The van der Waals surface area contributed by atoms with Crippen LogP contribution in [0.15, 0.2) is 114 Å². The van der Waals surface area contributed by atoms with Gasteiger partial charge in [0.1, 0.15) is 0 Å². The van der Waals surface area contributed by atoms with Crippen LogP contribution in [0.3, 0.4) is 0 Å². The molecule has 3 nitrogen and oxygen atoms in total. The number of nitrogens with two attached hydrogens (primary N) is 1. The lowest BCUT2D eigenvalue weighted by atomic mass is 9.60. The highest BCUT2D eigenvalue weighted by molar-refractivity contribution is 6.01. The second kappa shape index (κ2) is 9.56. The highest BCUT2D eigenvalue weighted by atomic mass is 16.1. The molecule has 2 atom stereocenters. The fraction of sp³-hybridized carbons (Fsp3) is 0.176. The molecule has 0 saturated carbocycles. The van der Waals surface area contributed by atoms with Crippen LogP contribution in [0.4, 0.5) is 0 Å². The fourth-order valence-corrected chi connectivity index (χ4v) is 5.86. The lowest BCUT2D eigenvalue weighted by molar-refractivity contribution is 0.0919. The summed E-state index contributed by atoms with van der Waals surface area (Å²) in [6.07, 6.45) is 0. The number of nitriles is 1. The summed E-state index contributed by atoms with van der Waals surface area (Å²) < 4.78 is 0. The number of benzene rings is 4. The Bertz CT molecular complexity index is 1460. The Balaban J connectivity index is 1.87. The van der Waals surface area contributed by atoms with Gasteiger partial charge in [0.2, 0.25) is 0 Å². The van der Waals surface area contributed by atoms with Crippen molar-refractivity contribution in [2.45, 2.75) is 32.1 Å². The average molecular weight is 483 g/mol. The Labute approximate surface area is 218 Å². The van der Waals surface area contributed by atoms with Crippen LogP contribution >= 0.6 is 0 Å². The van der Waals surface area contributed by atoms with E-state index in [9.17, 15) is 10.1 Å². The Morgan fingerprint density at radius 2 is 1.19 bits per heavy atom. The topological polar surface area (TPSA) is 66.9 Å². The van der Waals surface area contributed by atoms with Crippen molar-refractivity contribution in [2.24, 2.45) is 11.7 Å². The van der Waals surface area contributed by atoms with E-state index in [1.807, 2.05) is 75.4 Å². The molecule has 0 radical (unpaired) electrons. The Hall–Kier alpha value is -4.42. The molecule has 0 heterocycles. The van der Waals surface area contributed by atoms with Crippen LogP contribution in [0.2, 0.25) is 0 Å². The van der Waals surface area contributed by atoms with Crippen LogP contribution in [0.25, 0.3) is 0 Å². The number of carbonyl (C=O) groups excluding carboxylic acids is 1. The number of rotatable bonds is 5. The molecule has 0 bridgehead atoms. The van der Waals surface area contributed by atoms with Gasteiger partial charge in [-0.3, -0.25) is 4.79 Å². The first-order valence-electron chi connectivity index (χ1n) is 12.6. The largest absolute Gasteiger partial charge is 0.401 e. The zero-order valence-electron chi connectivity index (χ0n) is 21.4. The second-order valence-corrected chi connectivity index (χ2v) is 10.1. The van der Waals surface area contributed by atoms with E-state index in [1.165, 1.54) is 0 Å². The number of hydrogen-bond acceptors (Lipinski definition) is 3. The number of aryl methyl sites for hydroxylation is 3. The highest BCUT2D eigenvalue weighted by Gasteiger charge is 2.58. The van der Waals surface area contributed by atoms with Crippen molar-refractivity contribution >= 4 is 5.78 Å². The molecular formula is C34H30N2O. The Kier molecular flexibility index (Phi) is 6.27. The molecule has 4 aromatic rings. The highest BCUT2D eigenvalue weighted by Crippen LogP contribution is 2.60. The second-order valence-electron chi connectivity index (χ2n) is 10.1. The van der Waals surface area contributed by atoms with Gasteiger partial charge in [-0.1, -0.05) is 120 Å². The van der Waals surface area contributed by atoms with Crippen molar-refractivity contribution in [1.82, 2.24) is 0 Å². The molecule has 4 aromatic carbocycles. The van der Waals surface area contributed by atoms with Crippen LogP contribution in [0.5, 0.6) is 0 Å². The first-order chi connectivity index (χ1) is 17.9. The lowest BCUT2D eigenvalue weighted by Gasteiger charge is -2.40. The van der Waals surface area contributed by atoms with E-state index < -0.39 is 17.3 Å². The summed E-state index contributed by atoms with van der Waals surface area (Å²) in [5, 5.41) is 10.7. The van der Waals surface area contributed by atoms with Crippen molar-refractivity contribution in [2.75, 3.05) is 0 Å². The molecule has 37 heavy (non-hydrogen) atoms. The van der Waals surface area contributed by atoms with Gasteiger partial charge in [-0.15, -0.1) is 0 Å². The number of nitrogens with zero attached hydrogens (tertiary/aromatic N) is 1. The quantitative estimate of drug-likeness (QED) is 0.314. The van der Waals surface area contributed by atoms with Gasteiger partial charge >= 0.3 is 0 Å². The van der Waals surface area contributed by atoms with Crippen molar-refractivity contribution < 1.29 is 4.79 Å². The van der Waals surface area contributed by atoms with Crippen LogP contribution in [0, 0.1) is 38.0 Å². The van der Waals surface area contributed by atoms with Crippen LogP contribution in [-0.4, -0.2) is 5.78 Å². The van der Waals surface area contributed by atoms with Crippen LogP contribution in [-0.2, 0) is 5.41 Å². The summed E-state index contributed by atoms with van der Waals surface area (Å²) in [4.78, 5) is 14.2. The van der Waals surface area contributed by atoms with Gasteiger partial charge in [0.15, 0.2) is 5.78 Å². The Morgan fingerprint density at radius 3 is 1.65 bits per heavy atom. The summed E-state index contributed by atoms with van der Waals surface area (Å²) >= 11 is 0. The molecule has 0 spiro atoms. The molecule has 0 saturated heterocycles. The van der Waals surface area contributed by atoms with E-state index >= 15 is 0 Å². The molecule has 0 fully saturated rings. The average Bonchev–Trinajstić information content (AvgIpc) is 3.18. The van der Waals surface area contributed by atoms with Gasteiger partial charge in [-0.25, -0.2) is 0 Å². The van der Waals surface area contributed by atoms with Gasteiger partial charge in [0.25, 0.3) is 0 Å². The maximum absolute atomic E-state index is 14.2. The molecule has 0 aliphatic heterocycles. The minimum Gasteiger partial charge on any atom is -0.401 e. The maximum atomic E-state index is 14.2. The van der Waals surface area contributed by atoms with Crippen molar-refractivity contribution in [3.8, 4) is 6.07 Å². The molecule has 2 N–H and O–H groups in total. The summed E-state index contributed by atoms with van der Waals surface area (Å²) in [5.41, 5.74) is 13.6. The first-order valence-corrected chi connectivity index (χ1v) is 12.6. The molecule has 2 unspecified atom stereocenters. The molecule has 3 heteroatoms. The van der Waals surface area contributed by atoms with E-state index in [-0.39, 0.29) is 5.78 Å². The van der Waals surface area contributed by atoms with Crippen LogP contribution < -0.4 is 5.73 Å². The predicted octanol–water partition coefficient (Wildman–Crippen LogP) is 6.93. The monoisotopic (exact) mass is 482 g/mol. The van der Waals surface area contributed by atoms with E-state index in [2.05, 4.69) is 54.6 Å². The summed E-state index contributed by atoms with van der Waals surface area (Å²) in [6, 6.07) is 36.7. The third-order valence-corrected chi connectivity index (χ3v) is 7.72. The van der Waals surface area contributed by atoms with Crippen molar-refractivity contribution in [1.29, 1.82) is 5.26 Å². The van der Waals surface area contributed by atoms with Gasteiger partial charge in [0.05, 0.1) is 23.0 Å². The van der Waals surface area contributed by atoms with E-state index in [0.717, 1.165) is 33.4 Å². The smallest absolute Gasteiger partial charge is 0.172 e. The fourth-order valence-electron chi connectivity index (χ4n) is 5.86. The minimum absolute atomic E-state index is 0.0693. The zero-order valence-corrected chi connectivity index (χ0v) is 21.4. The number of allylic oxidation sites excluding steroid dienone is 2. The zero-order chi connectivity index (χ0) is 26.2. The SMILES string of the molecule is Cc1ccc(C(=O)C2C(N)=C(C#N)C(c3ccc(C)cc3)(c3ccc(C)cc3)C2c2ccccc2)cc1. The standard InChI is InChI=1S/C34H30N2O/c1-22-9-15-26(16-10-22)33(37)30-31(25-7-5-4-6-8-25)34(29(21-35)32(30)36,27-17-11-23(2)12-18-27)28-19-13-24(3)14-20-28/h4-20,30-31H,36H2,1-3H3. The number of ketones is 1. The van der Waals surface area contributed by atoms with Crippen molar-refractivity contribution in [3.63, 3.8) is 0 Å². The molecule has 5 rings (SSSR count). The summed E-state index contributed by atoms with van der Waals surface area (Å²) in [5.74, 6) is -1.16. The third-order valence-electron chi connectivity index (χ3n) is 7.72. The predicted molar refractivity (Wildman–Crippen MR) is 148 cm³/mol. The van der Waals surface area contributed by atoms with Gasteiger partial charge < -0.3 is 5.73 Å². The van der Waals surface area contributed by atoms with Gasteiger partial charge in [-0.05, 0) is 37.5 Å². The molecular weight excluding hydrogens is 452 g/mol. The van der Waals surface area contributed by atoms with Gasteiger partial charge in [0, 0.05) is 17.2 Å². The van der Waals surface area contributed by atoms with E-state index in [1.54, 1.807) is 0 Å². The van der Waals surface area contributed by atoms with E-state index in [4.69, 9.17) is 5.73 Å². The Morgan fingerprint density at radius 1 is 0.730 bits per heavy atom. The normalized spacial score (nSPS) is 18.4. The first kappa shape index (κ1) is 24.3. The molecule has 1 aliphatic rings. The summed E-state index contributed by atoms with van der Waals surface area (Å²) in [7, 11) is 0. The maximum Gasteiger partial charge on any atom is 0.172 e. The number of carbonyl (C=O) groups is 1.